The Hall–Kier alpha value is -0.780. The van der Waals surface area contributed by atoms with Gasteiger partial charge in [0.2, 0.25) is 0 Å². The summed E-state index contributed by atoms with van der Waals surface area (Å²) >= 11 is 3.42. The number of halogens is 1. The zero-order valence-electron chi connectivity index (χ0n) is 10.4. The maximum atomic E-state index is 8.88. The van der Waals surface area contributed by atoms with Gasteiger partial charge in [-0.25, -0.2) is 0 Å². The number of benzene rings is 1. The van der Waals surface area contributed by atoms with Gasteiger partial charge in [0.25, 0.3) is 0 Å². The molecule has 0 amide bonds. The standard InChI is InChI=1S/C12H18BrNO3/c1-14(4-5-15)8-9-6-12(17-3)10(13)7-11(9)16-2/h6-7,15H,4-5,8H2,1-3H3. The minimum Gasteiger partial charge on any atom is -0.496 e. The van der Waals surface area contributed by atoms with Crippen molar-refractivity contribution in [3.8, 4) is 11.5 Å². The van der Waals surface area contributed by atoms with E-state index in [1.165, 1.54) is 0 Å². The summed E-state index contributed by atoms with van der Waals surface area (Å²) in [7, 11) is 5.22. The van der Waals surface area contributed by atoms with E-state index < -0.39 is 0 Å². The van der Waals surface area contributed by atoms with Gasteiger partial charge < -0.3 is 14.6 Å². The second kappa shape index (κ2) is 6.83. The van der Waals surface area contributed by atoms with Crippen LogP contribution in [0.15, 0.2) is 16.6 Å². The first-order valence-electron chi connectivity index (χ1n) is 5.32. The lowest BCUT2D eigenvalue weighted by Gasteiger charge is -2.18. The normalized spacial score (nSPS) is 10.7. The summed E-state index contributed by atoms with van der Waals surface area (Å²) in [5.41, 5.74) is 1.03. The molecule has 0 aromatic heterocycles. The summed E-state index contributed by atoms with van der Waals surface area (Å²) in [5.74, 6) is 1.58. The lowest BCUT2D eigenvalue weighted by atomic mass is 10.1. The van der Waals surface area contributed by atoms with Crippen molar-refractivity contribution in [1.82, 2.24) is 4.90 Å². The molecule has 0 radical (unpaired) electrons. The van der Waals surface area contributed by atoms with Crippen LogP contribution in [-0.2, 0) is 6.54 Å². The van der Waals surface area contributed by atoms with Crippen LogP contribution in [0.5, 0.6) is 11.5 Å². The smallest absolute Gasteiger partial charge is 0.133 e. The van der Waals surface area contributed by atoms with Crippen molar-refractivity contribution in [1.29, 1.82) is 0 Å². The molecule has 0 saturated carbocycles. The van der Waals surface area contributed by atoms with E-state index >= 15 is 0 Å². The maximum Gasteiger partial charge on any atom is 0.133 e. The van der Waals surface area contributed by atoms with Gasteiger partial charge in [-0.3, -0.25) is 4.90 Å². The number of aliphatic hydroxyl groups excluding tert-OH is 1. The largest absolute Gasteiger partial charge is 0.496 e. The van der Waals surface area contributed by atoms with Gasteiger partial charge in [-0.15, -0.1) is 0 Å². The van der Waals surface area contributed by atoms with Gasteiger partial charge in [0, 0.05) is 18.7 Å². The molecule has 0 unspecified atom stereocenters. The molecule has 1 aromatic rings. The molecule has 1 aromatic carbocycles. The molecule has 4 nitrogen and oxygen atoms in total. The molecule has 0 heterocycles. The second-order valence-corrected chi connectivity index (χ2v) is 4.61. The van der Waals surface area contributed by atoms with E-state index in [-0.39, 0.29) is 6.61 Å². The fourth-order valence-electron chi connectivity index (χ4n) is 1.59. The molecule has 96 valence electrons. The molecule has 0 saturated heterocycles. The minimum absolute atomic E-state index is 0.145. The van der Waals surface area contributed by atoms with Gasteiger partial charge in [-0.1, -0.05) is 0 Å². The van der Waals surface area contributed by atoms with Gasteiger partial charge in [-0.05, 0) is 35.1 Å². The number of likely N-dealkylation sites (N-methyl/N-ethyl adjacent to an activating group) is 1. The van der Waals surface area contributed by atoms with Gasteiger partial charge in [0.1, 0.15) is 11.5 Å². The summed E-state index contributed by atoms with van der Waals surface area (Å²) in [6.07, 6.45) is 0. The molecule has 0 aliphatic carbocycles. The van der Waals surface area contributed by atoms with Crippen molar-refractivity contribution in [2.24, 2.45) is 0 Å². The third-order valence-electron chi connectivity index (χ3n) is 2.48. The van der Waals surface area contributed by atoms with E-state index in [9.17, 15) is 0 Å². The Labute approximate surface area is 110 Å². The molecule has 0 atom stereocenters. The summed E-state index contributed by atoms with van der Waals surface area (Å²) in [4.78, 5) is 2.02. The highest BCUT2D eigenvalue weighted by molar-refractivity contribution is 9.10. The average Bonchev–Trinajstić information content (AvgIpc) is 2.31. The van der Waals surface area contributed by atoms with E-state index in [0.29, 0.717) is 13.1 Å². The molecule has 0 spiro atoms. The van der Waals surface area contributed by atoms with Crippen molar-refractivity contribution in [3.63, 3.8) is 0 Å². The zero-order chi connectivity index (χ0) is 12.8. The van der Waals surface area contributed by atoms with Crippen molar-refractivity contribution >= 4 is 15.9 Å². The van der Waals surface area contributed by atoms with Crippen LogP contribution in [0.3, 0.4) is 0 Å². The molecule has 0 fully saturated rings. The lowest BCUT2D eigenvalue weighted by molar-refractivity contribution is 0.215. The Bertz CT molecular complexity index is 371. The summed E-state index contributed by atoms with van der Waals surface area (Å²) in [6.45, 7) is 1.47. The molecular weight excluding hydrogens is 286 g/mol. The van der Waals surface area contributed by atoms with Crippen molar-refractivity contribution in [3.05, 3.63) is 22.2 Å². The topological polar surface area (TPSA) is 41.9 Å². The van der Waals surface area contributed by atoms with Gasteiger partial charge in [-0.2, -0.15) is 0 Å². The van der Waals surface area contributed by atoms with Crippen LogP contribution in [0, 0.1) is 0 Å². The number of hydrogen-bond acceptors (Lipinski definition) is 4. The predicted molar refractivity (Wildman–Crippen MR) is 70.7 cm³/mol. The molecule has 0 aliphatic rings. The molecule has 0 bridgehead atoms. The third-order valence-corrected chi connectivity index (χ3v) is 3.10. The first-order valence-corrected chi connectivity index (χ1v) is 6.11. The zero-order valence-corrected chi connectivity index (χ0v) is 12.0. The molecule has 1 N–H and O–H groups in total. The highest BCUT2D eigenvalue weighted by Gasteiger charge is 2.11. The minimum atomic E-state index is 0.145. The van der Waals surface area contributed by atoms with Gasteiger partial charge >= 0.3 is 0 Å². The number of ether oxygens (including phenoxy) is 2. The molecule has 5 heteroatoms. The molecule has 1 rings (SSSR count). The number of hydrogen-bond donors (Lipinski definition) is 1. The highest BCUT2D eigenvalue weighted by atomic mass is 79.9. The van der Waals surface area contributed by atoms with E-state index in [1.807, 2.05) is 24.1 Å². The van der Waals surface area contributed by atoms with Crippen molar-refractivity contribution in [2.45, 2.75) is 6.54 Å². The Morgan fingerprint density at radius 3 is 2.41 bits per heavy atom. The van der Waals surface area contributed by atoms with Gasteiger partial charge in [0.05, 0.1) is 25.3 Å². The third kappa shape index (κ3) is 3.87. The van der Waals surface area contributed by atoms with Crippen LogP contribution in [0.2, 0.25) is 0 Å². The molecule has 17 heavy (non-hydrogen) atoms. The fourth-order valence-corrected chi connectivity index (χ4v) is 2.07. The van der Waals surface area contributed by atoms with Crippen LogP contribution in [0.25, 0.3) is 0 Å². The number of methoxy groups -OCH3 is 2. The second-order valence-electron chi connectivity index (χ2n) is 3.76. The van der Waals surface area contributed by atoms with Crippen molar-refractivity contribution in [2.75, 3.05) is 34.4 Å². The van der Waals surface area contributed by atoms with Gasteiger partial charge in [0.15, 0.2) is 0 Å². The molecule has 0 aliphatic heterocycles. The van der Waals surface area contributed by atoms with E-state index in [0.717, 1.165) is 21.5 Å². The van der Waals surface area contributed by atoms with Crippen LogP contribution >= 0.6 is 15.9 Å². The first kappa shape index (κ1) is 14.3. The first-order chi connectivity index (χ1) is 8.12. The Morgan fingerprint density at radius 2 is 1.88 bits per heavy atom. The van der Waals surface area contributed by atoms with E-state index in [1.54, 1.807) is 14.2 Å². The van der Waals surface area contributed by atoms with Crippen LogP contribution in [-0.4, -0.2) is 44.4 Å². The number of rotatable bonds is 6. The Kier molecular flexibility index (Phi) is 5.74. The Balaban J connectivity index is 2.95. The highest BCUT2D eigenvalue weighted by Crippen LogP contribution is 2.33. The van der Waals surface area contributed by atoms with E-state index in [2.05, 4.69) is 15.9 Å². The summed E-state index contributed by atoms with van der Waals surface area (Å²) in [5, 5.41) is 8.88. The van der Waals surface area contributed by atoms with E-state index in [4.69, 9.17) is 14.6 Å². The number of nitrogens with zero attached hydrogens (tertiary/aromatic N) is 1. The number of aliphatic hydroxyl groups is 1. The van der Waals surface area contributed by atoms with Crippen LogP contribution in [0.1, 0.15) is 5.56 Å². The fraction of sp³-hybridized carbons (Fsp3) is 0.500. The maximum absolute atomic E-state index is 8.88. The van der Waals surface area contributed by atoms with Crippen molar-refractivity contribution < 1.29 is 14.6 Å². The monoisotopic (exact) mass is 303 g/mol. The quantitative estimate of drug-likeness (QED) is 0.871. The summed E-state index contributed by atoms with van der Waals surface area (Å²) in [6, 6.07) is 3.83. The lowest BCUT2D eigenvalue weighted by Crippen LogP contribution is -2.21. The predicted octanol–water partition coefficient (Wildman–Crippen LogP) is 1.89. The molecular formula is C12H18BrNO3. The SMILES string of the molecule is COc1cc(CN(C)CCO)c(OC)cc1Br. The van der Waals surface area contributed by atoms with Crippen LogP contribution < -0.4 is 9.47 Å². The summed E-state index contributed by atoms with van der Waals surface area (Å²) < 4.78 is 11.5. The van der Waals surface area contributed by atoms with Crippen LogP contribution in [0.4, 0.5) is 0 Å². The average molecular weight is 304 g/mol. The Morgan fingerprint density at radius 1 is 1.24 bits per heavy atom.